The Labute approximate surface area is 205 Å². The van der Waals surface area contributed by atoms with Gasteiger partial charge in [0.05, 0.1) is 26.7 Å². The van der Waals surface area contributed by atoms with Crippen molar-refractivity contribution in [3.8, 4) is 5.75 Å². The number of nitrogens with zero attached hydrogens (tertiary/aromatic N) is 4. The van der Waals surface area contributed by atoms with E-state index in [0.717, 1.165) is 35.2 Å². The second-order valence-corrected chi connectivity index (χ2v) is 8.36. The summed E-state index contributed by atoms with van der Waals surface area (Å²) >= 11 is 0. The first-order valence-electron chi connectivity index (χ1n) is 11.6. The van der Waals surface area contributed by atoms with E-state index in [4.69, 9.17) is 15.2 Å². The molecule has 188 valence electrons. The van der Waals surface area contributed by atoms with Gasteiger partial charge < -0.3 is 30.2 Å². The number of aliphatic hydroxyl groups is 1. The van der Waals surface area contributed by atoms with Crippen molar-refractivity contribution in [1.29, 1.82) is 0 Å². The molecule has 10 heteroatoms. The molecule has 0 saturated heterocycles. The van der Waals surface area contributed by atoms with Crippen molar-refractivity contribution in [2.45, 2.75) is 52.1 Å². The number of ether oxygens (including phenoxy) is 2. The van der Waals surface area contributed by atoms with Crippen LogP contribution in [0.15, 0.2) is 30.7 Å². The molecule has 2 heterocycles. The van der Waals surface area contributed by atoms with Gasteiger partial charge in [-0.2, -0.15) is 4.98 Å². The van der Waals surface area contributed by atoms with Crippen LogP contribution < -0.4 is 15.8 Å². The number of carbonyl (C=O) groups excluding carboxylic acids is 1. The summed E-state index contributed by atoms with van der Waals surface area (Å²) in [5.41, 5.74) is 9.95. The number of benzene rings is 1. The Balaban J connectivity index is 1.89. The van der Waals surface area contributed by atoms with Crippen LogP contribution in [0, 0.1) is 6.92 Å². The summed E-state index contributed by atoms with van der Waals surface area (Å²) < 4.78 is 12.3. The molecule has 0 radical (unpaired) electrons. The van der Waals surface area contributed by atoms with Gasteiger partial charge in [-0.25, -0.2) is 14.8 Å². The lowest BCUT2D eigenvalue weighted by molar-refractivity contribution is 0.0589. The van der Waals surface area contributed by atoms with Crippen molar-refractivity contribution in [2.75, 3.05) is 31.9 Å². The lowest BCUT2D eigenvalue weighted by Crippen LogP contribution is -2.23. The number of aliphatic hydroxyl groups excluding tert-OH is 1. The topological polar surface area (TPSA) is 137 Å². The largest absolute Gasteiger partial charge is 0.496 e. The standard InChI is InChI=1S/C25H34N6O4/c1-5-6-19(9-10-32)29-23-20(16(2)28-25(26)30-23)12-18-8-7-17(11-22(18)34-3)14-31-15-27-13-21(31)24(33)35-4/h7-8,11,13,15,19,32H,5-6,9-10,12,14H2,1-4H3,(H3,26,28,29,30)/t19-/m0/s1. The van der Waals surface area contributed by atoms with Crippen molar-refractivity contribution in [3.05, 3.63) is 58.8 Å². The fourth-order valence-electron chi connectivity index (χ4n) is 4.08. The van der Waals surface area contributed by atoms with Crippen LogP contribution in [-0.4, -0.2) is 57.5 Å². The van der Waals surface area contributed by atoms with E-state index < -0.39 is 5.97 Å². The normalized spacial score (nSPS) is 11.8. The molecule has 2 aromatic heterocycles. The number of imidazole rings is 1. The number of methoxy groups -OCH3 is 2. The number of rotatable bonds is 12. The lowest BCUT2D eigenvalue weighted by Gasteiger charge is -2.21. The molecular formula is C25H34N6O4. The second-order valence-electron chi connectivity index (χ2n) is 8.36. The van der Waals surface area contributed by atoms with Crippen molar-refractivity contribution in [3.63, 3.8) is 0 Å². The van der Waals surface area contributed by atoms with Gasteiger partial charge in [-0.05, 0) is 37.0 Å². The number of nitrogens with one attached hydrogen (secondary N) is 1. The number of nitrogen functional groups attached to an aromatic ring is 1. The van der Waals surface area contributed by atoms with Gasteiger partial charge in [-0.15, -0.1) is 0 Å². The zero-order valence-electron chi connectivity index (χ0n) is 20.7. The maximum absolute atomic E-state index is 12.0. The molecule has 3 rings (SSSR count). The fourth-order valence-corrected chi connectivity index (χ4v) is 4.08. The second kappa shape index (κ2) is 12.2. The maximum atomic E-state index is 12.0. The van der Waals surface area contributed by atoms with Gasteiger partial charge in [0.15, 0.2) is 0 Å². The number of hydrogen-bond donors (Lipinski definition) is 3. The predicted molar refractivity (Wildman–Crippen MR) is 134 cm³/mol. The Bertz CT molecular complexity index is 1140. The summed E-state index contributed by atoms with van der Waals surface area (Å²) in [6.07, 6.45) is 6.13. The molecule has 0 spiro atoms. The molecule has 0 bridgehead atoms. The van der Waals surface area contributed by atoms with Gasteiger partial charge in [-0.1, -0.05) is 25.5 Å². The van der Waals surface area contributed by atoms with Gasteiger partial charge in [-0.3, -0.25) is 0 Å². The van der Waals surface area contributed by atoms with E-state index in [1.54, 1.807) is 18.0 Å². The summed E-state index contributed by atoms with van der Waals surface area (Å²) in [6, 6.07) is 6.02. The van der Waals surface area contributed by atoms with Crippen LogP contribution in [0.5, 0.6) is 5.75 Å². The minimum absolute atomic E-state index is 0.0842. The first-order valence-corrected chi connectivity index (χ1v) is 11.6. The number of esters is 1. The molecule has 4 N–H and O–H groups in total. The Morgan fingerprint density at radius 2 is 2.06 bits per heavy atom. The fraction of sp³-hybridized carbons (Fsp3) is 0.440. The number of hydrogen-bond acceptors (Lipinski definition) is 9. The Morgan fingerprint density at radius 1 is 1.26 bits per heavy atom. The van der Waals surface area contributed by atoms with Crippen molar-refractivity contribution in [1.82, 2.24) is 19.5 Å². The zero-order chi connectivity index (χ0) is 25.4. The SMILES string of the molecule is CCC[C@@H](CCO)Nc1nc(N)nc(C)c1Cc1ccc(Cn2cncc2C(=O)OC)cc1OC. The Hall–Kier alpha value is -3.66. The van der Waals surface area contributed by atoms with E-state index >= 15 is 0 Å². The van der Waals surface area contributed by atoms with Crippen LogP contribution in [0.25, 0.3) is 0 Å². The maximum Gasteiger partial charge on any atom is 0.356 e. The van der Waals surface area contributed by atoms with Gasteiger partial charge in [0.2, 0.25) is 5.95 Å². The van der Waals surface area contributed by atoms with E-state index in [1.165, 1.54) is 13.3 Å². The van der Waals surface area contributed by atoms with Gasteiger partial charge in [0.25, 0.3) is 0 Å². The van der Waals surface area contributed by atoms with E-state index in [2.05, 4.69) is 27.2 Å². The third-order valence-corrected chi connectivity index (χ3v) is 5.87. The van der Waals surface area contributed by atoms with E-state index in [1.807, 2.05) is 25.1 Å². The smallest absolute Gasteiger partial charge is 0.356 e. The van der Waals surface area contributed by atoms with Crippen molar-refractivity contribution in [2.24, 2.45) is 0 Å². The summed E-state index contributed by atoms with van der Waals surface area (Å²) in [5, 5.41) is 12.9. The van der Waals surface area contributed by atoms with Crippen LogP contribution in [-0.2, 0) is 17.7 Å². The molecular weight excluding hydrogens is 448 g/mol. The van der Waals surface area contributed by atoms with E-state index in [-0.39, 0.29) is 18.6 Å². The molecule has 3 aromatic rings. The number of anilines is 2. The van der Waals surface area contributed by atoms with Gasteiger partial charge >= 0.3 is 5.97 Å². The van der Waals surface area contributed by atoms with Crippen LogP contribution in [0.2, 0.25) is 0 Å². The van der Waals surface area contributed by atoms with E-state index in [9.17, 15) is 9.90 Å². The molecule has 0 fully saturated rings. The Morgan fingerprint density at radius 3 is 2.74 bits per heavy atom. The molecule has 0 amide bonds. The van der Waals surface area contributed by atoms with Gasteiger partial charge in [0.1, 0.15) is 17.3 Å². The number of nitrogens with two attached hydrogens (primary N) is 1. The van der Waals surface area contributed by atoms with Crippen molar-refractivity contribution < 1.29 is 19.4 Å². The molecule has 10 nitrogen and oxygen atoms in total. The number of carbonyl (C=O) groups is 1. The van der Waals surface area contributed by atoms with Crippen LogP contribution >= 0.6 is 0 Å². The average Bonchev–Trinajstić information content (AvgIpc) is 3.29. The first-order chi connectivity index (χ1) is 16.9. The highest BCUT2D eigenvalue weighted by Crippen LogP contribution is 2.29. The summed E-state index contributed by atoms with van der Waals surface area (Å²) in [4.78, 5) is 24.9. The Kier molecular flexibility index (Phi) is 9.02. The highest BCUT2D eigenvalue weighted by Gasteiger charge is 2.18. The number of aryl methyl sites for hydroxylation is 1. The average molecular weight is 483 g/mol. The third kappa shape index (κ3) is 6.48. The minimum Gasteiger partial charge on any atom is -0.496 e. The predicted octanol–water partition coefficient (Wildman–Crippen LogP) is 2.96. The highest BCUT2D eigenvalue weighted by molar-refractivity contribution is 5.87. The number of aromatic nitrogens is 4. The highest BCUT2D eigenvalue weighted by atomic mass is 16.5. The summed E-state index contributed by atoms with van der Waals surface area (Å²) in [5.74, 6) is 1.16. The zero-order valence-corrected chi connectivity index (χ0v) is 20.7. The molecule has 0 saturated carbocycles. The van der Waals surface area contributed by atoms with Crippen molar-refractivity contribution >= 4 is 17.7 Å². The third-order valence-electron chi connectivity index (χ3n) is 5.87. The molecule has 1 atom stereocenters. The quantitative estimate of drug-likeness (QED) is 0.333. The molecule has 35 heavy (non-hydrogen) atoms. The molecule has 0 aliphatic heterocycles. The van der Waals surface area contributed by atoms with Gasteiger partial charge in [0, 0.05) is 36.9 Å². The molecule has 1 aromatic carbocycles. The van der Waals surface area contributed by atoms with E-state index in [0.29, 0.717) is 36.6 Å². The van der Waals surface area contributed by atoms with Crippen LogP contribution in [0.4, 0.5) is 11.8 Å². The summed E-state index contributed by atoms with van der Waals surface area (Å²) in [7, 11) is 2.97. The first kappa shape index (κ1) is 26.0. The molecule has 0 aliphatic rings. The van der Waals surface area contributed by atoms with Crippen LogP contribution in [0.1, 0.15) is 59.1 Å². The minimum atomic E-state index is -0.437. The summed E-state index contributed by atoms with van der Waals surface area (Å²) in [6.45, 7) is 4.55. The monoisotopic (exact) mass is 482 g/mol. The molecule has 0 unspecified atom stereocenters. The molecule has 0 aliphatic carbocycles. The van der Waals surface area contributed by atoms with Crippen LogP contribution in [0.3, 0.4) is 0 Å². The lowest BCUT2D eigenvalue weighted by atomic mass is 10.0.